The fourth-order valence-electron chi connectivity index (χ4n) is 2.51. The first-order chi connectivity index (χ1) is 13.0. The predicted molar refractivity (Wildman–Crippen MR) is 105 cm³/mol. The lowest BCUT2D eigenvalue weighted by Gasteiger charge is -2.28. The van der Waals surface area contributed by atoms with Crippen LogP contribution in [0.15, 0.2) is 42.5 Å². The molecule has 0 radical (unpaired) electrons. The molecule has 1 amide bonds. The Morgan fingerprint density at radius 1 is 1.18 bits per heavy atom. The summed E-state index contributed by atoms with van der Waals surface area (Å²) in [6.45, 7) is 1.39. The molecule has 10 heteroatoms. The molecule has 0 aliphatic heterocycles. The van der Waals surface area contributed by atoms with Crippen molar-refractivity contribution in [2.75, 3.05) is 23.0 Å². The summed E-state index contributed by atoms with van der Waals surface area (Å²) in [5.41, 5.74) is 0.417. The summed E-state index contributed by atoms with van der Waals surface area (Å²) in [4.78, 5) is 24.4. The summed E-state index contributed by atoms with van der Waals surface area (Å²) in [5.74, 6) is -1.88. The molecule has 0 saturated heterocycles. The standard InChI is InChI=1S/C18H18ClFN2O5S/c1-11(22(28(3,25)26)14-7-4-12(20)5-8-14)17(23)21-13-6-9-16(19)15(10-13)18(24)27-2/h4-11H,1-3H3,(H,21,23)/t11-/m1/s1. The summed E-state index contributed by atoms with van der Waals surface area (Å²) in [6.07, 6.45) is 0.942. The Balaban J connectivity index is 2.31. The van der Waals surface area contributed by atoms with Crippen LogP contribution in [0.4, 0.5) is 15.8 Å². The molecule has 0 bridgehead atoms. The van der Waals surface area contributed by atoms with Gasteiger partial charge in [-0.05, 0) is 49.4 Å². The number of nitrogens with zero attached hydrogens (tertiary/aromatic N) is 1. The Labute approximate surface area is 167 Å². The largest absolute Gasteiger partial charge is 0.465 e. The van der Waals surface area contributed by atoms with Gasteiger partial charge in [0.05, 0.1) is 29.6 Å². The van der Waals surface area contributed by atoms with E-state index in [-0.39, 0.29) is 22.0 Å². The molecule has 0 aliphatic rings. The van der Waals surface area contributed by atoms with Gasteiger partial charge in [-0.25, -0.2) is 17.6 Å². The van der Waals surface area contributed by atoms with Gasteiger partial charge in [-0.1, -0.05) is 11.6 Å². The third-order valence-electron chi connectivity index (χ3n) is 3.81. The molecular weight excluding hydrogens is 411 g/mol. The molecule has 7 nitrogen and oxygen atoms in total. The number of methoxy groups -OCH3 is 1. The Morgan fingerprint density at radius 2 is 1.79 bits per heavy atom. The molecule has 0 unspecified atom stereocenters. The molecule has 2 aromatic rings. The zero-order valence-corrected chi connectivity index (χ0v) is 16.8. The summed E-state index contributed by atoms with van der Waals surface area (Å²) < 4.78 is 43.1. The number of amides is 1. The Hall–Kier alpha value is -2.65. The quantitative estimate of drug-likeness (QED) is 0.714. The zero-order chi connectivity index (χ0) is 21.1. The second-order valence-corrected chi connectivity index (χ2v) is 8.15. The van der Waals surface area contributed by atoms with Crippen molar-refractivity contribution in [1.82, 2.24) is 0 Å². The minimum Gasteiger partial charge on any atom is -0.465 e. The van der Waals surface area contributed by atoms with Crippen molar-refractivity contribution in [1.29, 1.82) is 0 Å². The lowest BCUT2D eigenvalue weighted by Crippen LogP contribution is -2.45. The van der Waals surface area contributed by atoms with E-state index in [1.807, 2.05) is 0 Å². The molecular formula is C18H18ClFN2O5S. The van der Waals surface area contributed by atoms with Crippen LogP contribution in [0.1, 0.15) is 17.3 Å². The van der Waals surface area contributed by atoms with E-state index in [0.717, 1.165) is 22.7 Å². The van der Waals surface area contributed by atoms with E-state index in [2.05, 4.69) is 10.1 Å². The third-order valence-corrected chi connectivity index (χ3v) is 5.38. The summed E-state index contributed by atoms with van der Waals surface area (Å²) >= 11 is 5.94. The van der Waals surface area contributed by atoms with Crippen molar-refractivity contribution in [2.24, 2.45) is 0 Å². The molecule has 1 atom stereocenters. The van der Waals surface area contributed by atoms with Crippen LogP contribution < -0.4 is 9.62 Å². The number of hydrogen-bond acceptors (Lipinski definition) is 5. The van der Waals surface area contributed by atoms with Gasteiger partial charge in [-0.2, -0.15) is 0 Å². The lowest BCUT2D eigenvalue weighted by molar-refractivity contribution is -0.116. The van der Waals surface area contributed by atoms with Gasteiger partial charge in [0.1, 0.15) is 11.9 Å². The highest BCUT2D eigenvalue weighted by Gasteiger charge is 2.29. The van der Waals surface area contributed by atoms with Crippen LogP contribution in [0.5, 0.6) is 0 Å². The van der Waals surface area contributed by atoms with Crippen LogP contribution >= 0.6 is 11.6 Å². The number of esters is 1. The highest BCUT2D eigenvalue weighted by atomic mass is 35.5. The molecule has 0 saturated carbocycles. The normalized spacial score (nSPS) is 12.2. The monoisotopic (exact) mass is 428 g/mol. The van der Waals surface area contributed by atoms with Crippen molar-refractivity contribution >= 4 is 44.9 Å². The zero-order valence-electron chi connectivity index (χ0n) is 15.3. The van der Waals surface area contributed by atoms with E-state index in [1.165, 1.54) is 44.4 Å². The molecule has 0 heterocycles. The number of ether oxygens (including phenoxy) is 1. The SMILES string of the molecule is COC(=O)c1cc(NC(=O)[C@@H](C)N(c2ccc(F)cc2)S(C)(=O)=O)ccc1Cl. The number of anilines is 2. The number of halogens is 2. The van der Waals surface area contributed by atoms with E-state index >= 15 is 0 Å². The van der Waals surface area contributed by atoms with Crippen molar-refractivity contribution in [3.05, 3.63) is 58.9 Å². The van der Waals surface area contributed by atoms with E-state index in [9.17, 15) is 22.4 Å². The first kappa shape index (κ1) is 21.6. The van der Waals surface area contributed by atoms with Crippen LogP contribution in [0.2, 0.25) is 5.02 Å². The minimum atomic E-state index is -3.84. The average molecular weight is 429 g/mol. The van der Waals surface area contributed by atoms with Crippen LogP contribution in [0.3, 0.4) is 0 Å². The van der Waals surface area contributed by atoms with Crippen LogP contribution in [-0.4, -0.2) is 39.7 Å². The smallest absolute Gasteiger partial charge is 0.339 e. The molecule has 28 heavy (non-hydrogen) atoms. The molecule has 0 spiro atoms. The van der Waals surface area contributed by atoms with E-state index in [0.29, 0.717) is 0 Å². The summed E-state index contributed by atoms with van der Waals surface area (Å²) in [5, 5.41) is 2.68. The van der Waals surface area contributed by atoms with E-state index in [1.54, 1.807) is 0 Å². The molecule has 0 aromatic heterocycles. The number of nitrogens with one attached hydrogen (secondary N) is 1. The number of sulfonamides is 1. The molecule has 1 N–H and O–H groups in total. The van der Waals surface area contributed by atoms with Crippen molar-refractivity contribution < 1.29 is 27.1 Å². The molecule has 0 fully saturated rings. The van der Waals surface area contributed by atoms with Crippen molar-refractivity contribution in [3.63, 3.8) is 0 Å². The highest BCUT2D eigenvalue weighted by Crippen LogP contribution is 2.24. The first-order valence-corrected chi connectivity index (χ1v) is 10.2. The van der Waals surface area contributed by atoms with Gasteiger partial charge in [0, 0.05) is 5.69 Å². The third kappa shape index (κ3) is 4.99. The molecule has 0 aliphatic carbocycles. The highest BCUT2D eigenvalue weighted by molar-refractivity contribution is 7.92. The van der Waals surface area contributed by atoms with Crippen molar-refractivity contribution in [3.8, 4) is 0 Å². The lowest BCUT2D eigenvalue weighted by atomic mass is 10.2. The van der Waals surface area contributed by atoms with Gasteiger partial charge in [0.25, 0.3) is 0 Å². The maximum Gasteiger partial charge on any atom is 0.339 e. The topological polar surface area (TPSA) is 92.8 Å². The van der Waals surface area contributed by atoms with Crippen LogP contribution in [0.25, 0.3) is 0 Å². The van der Waals surface area contributed by atoms with Gasteiger partial charge in [0.15, 0.2) is 0 Å². The number of hydrogen-bond donors (Lipinski definition) is 1. The van der Waals surface area contributed by atoms with Gasteiger partial charge < -0.3 is 10.1 Å². The first-order valence-electron chi connectivity index (χ1n) is 7.98. The Morgan fingerprint density at radius 3 is 2.32 bits per heavy atom. The second kappa shape index (κ2) is 8.57. The molecule has 2 aromatic carbocycles. The minimum absolute atomic E-state index is 0.0492. The van der Waals surface area contributed by atoms with Crippen LogP contribution in [0, 0.1) is 5.82 Å². The maximum absolute atomic E-state index is 13.2. The Kier molecular flexibility index (Phi) is 6.63. The Bertz CT molecular complexity index is 996. The number of carbonyl (C=O) groups is 2. The average Bonchev–Trinajstić information content (AvgIpc) is 2.63. The van der Waals surface area contributed by atoms with E-state index in [4.69, 9.17) is 11.6 Å². The van der Waals surface area contributed by atoms with Crippen molar-refractivity contribution in [2.45, 2.75) is 13.0 Å². The van der Waals surface area contributed by atoms with Gasteiger partial charge in [-0.3, -0.25) is 9.10 Å². The van der Waals surface area contributed by atoms with Gasteiger partial charge >= 0.3 is 5.97 Å². The number of benzene rings is 2. The number of carbonyl (C=O) groups excluding carboxylic acids is 2. The molecule has 150 valence electrons. The fourth-order valence-corrected chi connectivity index (χ4v) is 3.88. The second-order valence-electron chi connectivity index (χ2n) is 5.89. The van der Waals surface area contributed by atoms with Gasteiger partial charge in [-0.15, -0.1) is 0 Å². The van der Waals surface area contributed by atoms with Gasteiger partial charge in [0.2, 0.25) is 15.9 Å². The van der Waals surface area contributed by atoms with Crippen LogP contribution in [-0.2, 0) is 19.6 Å². The van der Waals surface area contributed by atoms with E-state index < -0.39 is 33.8 Å². The maximum atomic E-state index is 13.2. The summed E-state index contributed by atoms with van der Waals surface area (Å²) in [7, 11) is -2.65. The fraction of sp³-hybridized carbons (Fsp3) is 0.222. The molecule has 2 rings (SSSR count). The summed E-state index contributed by atoms with van der Waals surface area (Å²) in [6, 6.07) is 7.75. The number of rotatable bonds is 6. The predicted octanol–water partition coefficient (Wildman–Crippen LogP) is 3.06.